The molecule has 0 spiro atoms. The minimum absolute atomic E-state index is 0.322. The average Bonchev–Trinajstić information content (AvgIpc) is 3.07. The molecule has 1 saturated heterocycles. The quantitative estimate of drug-likeness (QED) is 0.726. The number of anilines is 1. The Kier molecular flexibility index (Phi) is 4.29. The lowest BCUT2D eigenvalue weighted by atomic mass is 9.89. The topological polar surface area (TPSA) is 34.2 Å². The number of ether oxygens (including phenoxy) is 3. The first-order chi connectivity index (χ1) is 14.8. The Morgan fingerprint density at radius 2 is 1.70 bits per heavy atom. The van der Waals surface area contributed by atoms with Crippen LogP contribution in [0.4, 0.5) is 5.69 Å². The highest BCUT2D eigenvalue weighted by Gasteiger charge is 2.31. The van der Waals surface area contributed by atoms with E-state index in [1.807, 2.05) is 0 Å². The van der Waals surface area contributed by atoms with Crippen LogP contribution in [0, 0.1) is 0 Å². The first-order valence-electron chi connectivity index (χ1n) is 11.2. The lowest BCUT2D eigenvalue weighted by molar-refractivity contribution is 0.174. The van der Waals surface area contributed by atoms with E-state index in [0.29, 0.717) is 6.79 Å². The van der Waals surface area contributed by atoms with Crippen molar-refractivity contribution in [3.8, 4) is 17.2 Å². The van der Waals surface area contributed by atoms with Crippen molar-refractivity contribution in [2.75, 3.05) is 38.4 Å². The zero-order chi connectivity index (χ0) is 20.1. The van der Waals surface area contributed by atoms with E-state index >= 15 is 0 Å². The van der Waals surface area contributed by atoms with Crippen LogP contribution in [0.2, 0.25) is 0 Å². The molecule has 0 saturated carbocycles. The zero-order valence-electron chi connectivity index (χ0n) is 17.6. The normalized spacial score (nSPS) is 19.4. The molecule has 5 heteroatoms. The van der Waals surface area contributed by atoms with E-state index in [1.165, 1.54) is 59.3 Å². The van der Waals surface area contributed by atoms with Crippen molar-refractivity contribution in [2.24, 2.45) is 0 Å². The van der Waals surface area contributed by atoms with Crippen molar-refractivity contribution in [1.29, 1.82) is 0 Å². The van der Waals surface area contributed by atoms with E-state index < -0.39 is 0 Å². The third kappa shape index (κ3) is 2.83. The van der Waals surface area contributed by atoms with Gasteiger partial charge in [0.15, 0.2) is 11.5 Å². The van der Waals surface area contributed by atoms with Gasteiger partial charge in [-0.15, -0.1) is 0 Å². The van der Waals surface area contributed by atoms with E-state index in [1.54, 1.807) is 7.11 Å². The summed E-state index contributed by atoms with van der Waals surface area (Å²) in [5, 5.41) is 0. The average molecular weight is 405 g/mol. The fourth-order valence-corrected chi connectivity index (χ4v) is 5.38. The molecule has 5 nitrogen and oxygen atoms in total. The van der Waals surface area contributed by atoms with Crippen LogP contribution in [0.1, 0.15) is 47.9 Å². The molecule has 0 aliphatic carbocycles. The highest BCUT2D eigenvalue weighted by Crippen LogP contribution is 2.46. The Morgan fingerprint density at radius 3 is 2.50 bits per heavy atom. The van der Waals surface area contributed by atoms with Gasteiger partial charge in [0, 0.05) is 43.0 Å². The minimum Gasteiger partial charge on any atom is -0.495 e. The second kappa shape index (κ2) is 7.15. The predicted molar refractivity (Wildman–Crippen MR) is 118 cm³/mol. The monoisotopic (exact) mass is 404 g/mol. The summed E-state index contributed by atoms with van der Waals surface area (Å²) < 4.78 is 17.1. The zero-order valence-corrected chi connectivity index (χ0v) is 17.6. The lowest BCUT2D eigenvalue weighted by Gasteiger charge is -2.39. The third-order valence-electron chi connectivity index (χ3n) is 6.93. The Bertz CT molecular complexity index is 1020. The Balaban J connectivity index is 1.46. The molecule has 156 valence electrons. The van der Waals surface area contributed by atoms with Crippen molar-refractivity contribution in [3.63, 3.8) is 0 Å². The molecule has 0 aromatic heterocycles. The van der Waals surface area contributed by atoms with Gasteiger partial charge in [0.25, 0.3) is 0 Å². The van der Waals surface area contributed by atoms with Gasteiger partial charge in [-0.3, -0.25) is 0 Å². The lowest BCUT2D eigenvalue weighted by Crippen LogP contribution is -2.33. The molecule has 0 radical (unpaired) electrons. The number of fused-ring (bicyclic) bond motifs is 5. The summed E-state index contributed by atoms with van der Waals surface area (Å²) in [6.07, 6.45) is 8.58. The van der Waals surface area contributed by atoms with E-state index in [2.05, 4.69) is 40.1 Å². The summed E-state index contributed by atoms with van der Waals surface area (Å²) in [4.78, 5) is 5.09. The predicted octanol–water partition coefficient (Wildman–Crippen LogP) is 4.67. The van der Waals surface area contributed by atoms with Crippen LogP contribution in [0.25, 0.3) is 11.8 Å². The molecule has 4 aliphatic rings. The molecule has 0 atom stereocenters. The van der Waals surface area contributed by atoms with Crippen LogP contribution in [0.15, 0.2) is 24.3 Å². The molecule has 4 aliphatic heterocycles. The van der Waals surface area contributed by atoms with E-state index in [4.69, 9.17) is 14.2 Å². The summed E-state index contributed by atoms with van der Waals surface area (Å²) in [6.45, 7) is 4.51. The van der Waals surface area contributed by atoms with Gasteiger partial charge in [0.05, 0.1) is 12.8 Å². The van der Waals surface area contributed by atoms with Crippen molar-refractivity contribution in [1.82, 2.24) is 4.90 Å². The number of benzene rings is 2. The third-order valence-corrected chi connectivity index (χ3v) is 6.93. The molecular weight excluding hydrogens is 376 g/mol. The van der Waals surface area contributed by atoms with E-state index in [0.717, 1.165) is 49.8 Å². The van der Waals surface area contributed by atoms with Gasteiger partial charge in [-0.1, -0.05) is 18.9 Å². The van der Waals surface area contributed by atoms with Gasteiger partial charge < -0.3 is 24.0 Å². The van der Waals surface area contributed by atoms with Gasteiger partial charge in [-0.25, -0.2) is 0 Å². The van der Waals surface area contributed by atoms with Gasteiger partial charge >= 0.3 is 0 Å². The van der Waals surface area contributed by atoms with Crippen LogP contribution in [-0.2, 0) is 13.0 Å². The van der Waals surface area contributed by atoms with E-state index in [-0.39, 0.29) is 0 Å². The maximum Gasteiger partial charge on any atom is 0.231 e. The van der Waals surface area contributed by atoms with Crippen molar-refractivity contribution < 1.29 is 14.2 Å². The number of methoxy groups -OCH3 is 1. The molecule has 0 bridgehead atoms. The highest BCUT2D eigenvalue weighted by atomic mass is 16.7. The number of hydrogen-bond acceptors (Lipinski definition) is 5. The number of nitrogens with zero attached hydrogens (tertiary/aromatic N) is 2. The smallest absolute Gasteiger partial charge is 0.231 e. The first-order valence-corrected chi connectivity index (χ1v) is 11.2. The van der Waals surface area contributed by atoms with Crippen molar-refractivity contribution in [2.45, 2.75) is 38.6 Å². The SMILES string of the molecule is COc1ccc2c(c1N1CCCCCC1)CN1CCc3cc4c(cc3C1=C2)OCO4. The molecule has 4 heterocycles. The molecule has 6 rings (SSSR count). The summed E-state index contributed by atoms with van der Waals surface area (Å²) >= 11 is 0. The highest BCUT2D eigenvalue weighted by molar-refractivity contribution is 5.88. The second-order valence-corrected chi connectivity index (χ2v) is 8.65. The van der Waals surface area contributed by atoms with Gasteiger partial charge in [0.1, 0.15) is 5.75 Å². The summed E-state index contributed by atoms with van der Waals surface area (Å²) in [6, 6.07) is 8.71. The summed E-state index contributed by atoms with van der Waals surface area (Å²) in [7, 11) is 1.80. The Morgan fingerprint density at radius 1 is 0.900 bits per heavy atom. The summed E-state index contributed by atoms with van der Waals surface area (Å²) in [5.41, 5.74) is 7.96. The molecular formula is C25H28N2O3. The Labute approximate surface area is 177 Å². The molecule has 2 aromatic carbocycles. The van der Waals surface area contributed by atoms with Gasteiger partial charge in [-0.05, 0) is 54.7 Å². The van der Waals surface area contributed by atoms with Crippen LogP contribution in [0.3, 0.4) is 0 Å². The molecule has 30 heavy (non-hydrogen) atoms. The van der Waals surface area contributed by atoms with E-state index in [9.17, 15) is 0 Å². The maximum absolute atomic E-state index is 5.84. The molecule has 0 unspecified atom stereocenters. The fourth-order valence-electron chi connectivity index (χ4n) is 5.38. The number of hydrogen-bond donors (Lipinski definition) is 0. The van der Waals surface area contributed by atoms with Crippen molar-refractivity contribution >= 4 is 17.5 Å². The van der Waals surface area contributed by atoms with Crippen LogP contribution >= 0.6 is 0 Å². The van der Waals surface area contributed by atoms with Gasteiger partial charge in [0.2, 0.25) is 6.79 Å². The molecule has 0 N–H and O–H groups in total. The number of rotatable bonds is 2. The van der Waals surface area contributed by atoms with Gasteiger partial charge in [-0.2, -0.15) is 0 Å². The summed E-state index contributed by atoms with van der Waals surface area (Å²) in [5.74, 6) is 2.75. The van der Waals surface area contributed by atoms with Crippen molar-refractivity contribution in [3.05, 3.63) is 46.5 Å². The van der Waals surface area contributed by atoms with Crippen LogP contribution < -0.4 is 19.1 Å². The minimum atomic E-state index is 0.322. The largest absolute Gasteiger partial charge is 0.495 e. The second-order valence-electron chi connectivity index (χ2n) is 8.65. The molecule has 0 amide bonds. The maximum atomic E-state index is 5.84. The van der Waals surface area contributed by atoms with Crippen LogP contribution in [0.5, 0.6) is 17.2 Å². The molecule has 2 aromatic rings. The standard InChI is InChI=1S/C25H28N2O3/c1-28-22-7-6-17-12-21-19-14-24-23(29-16-30-24)13-18(19)8-11-27(21)15-20(17)25(22)26-9-4-2-3-5-10-26/h6-7,12-14H,2-5,8-11,15-16H2,1H3. The fraction of sp³-hybridized carbons (Fsp3) is 0.440. The van der Waals surface area contributed by atoms with Crippen LogP contribution in [-0.4, -0.2) is 38.4 Å². The Hall–Kier alpha value is -2.82. The molecule has 1 fully saturated rings. The first kappa shape index (κ1) is 18.0.